The monoisotopic (exact) mass is 262 g/mol. The third-order valence-electron chi connectivity index (χ3n) is 4.02. The molecule has 0 bridgehead atoms. The molecule has 1 aliphatic carbocycles. The van der Waals surface area contributed by atoms with Crippen LogP contribution in [0.1, 0.15) is 55.8 Å². The minimum absolute atomic E-state index is 0.0569. The van der Waals surface area contributed by atoms with Crippen LogP contribution >= 0.6 is 0 Å². The van der Waals surface area contributed by atoms with Crippen molar-refractivity contribution in [3.05, 3.63) is 24.0 Å². The van der Waals surface area contributed by atoms with Crippen LogP contribution in [0.25, 0.3) is 0 Å². The molecule has 1 amide bonds. The van der Waals surface area contributed by atoms with Crippen LogP contribution in [-0.4, -0.2) is 22.0 Å². The summed E-state index contributed by atoms with van der Waals surface area (Å²) < 4.78 is 0. The van der Waals surface area contributed by atoms with Crippen molar-refractivity contribution < 1.29 is 9.90 Å². The Balaban J connectivity index is 2.01. The van der Waals surface area contributed by atoms with Crippen molar-refractivity contribution in [2.75, 3.05) is 0 Å². The van der Waals surface area contributed by atoms with E-state index >= 15 is 0 Å². The highest BCUT2D eigenvalue weighted by atomic mass is 16.3. The molecule has 1 fully saturated rings. The molecule has 1 aliphatic rings. The first kappa shape index (κ1) is 13.8. The van der Waals surface area contributed by atoms with Gasteiger partial charge in [0.05, 0.1) is 11.8 Å². The lowest BCUT2D eigenvalue weighted by Gasteiger charge is -2.30. The Bertz CT molecular complexity index is 428. The van der Waals surface area contributed by atoms with E-state index in [1.54, 1.807) is 6.07 Å². The standard InChI is InChI=1S/C15H22N2O2/c1-2-13(11-6-4-3-5-7-11)17-15(19)12-8-9-16-10-14(12)18/h8-11,13,18H,2-7H2,1H3,(H,17,19). The number of nitrogens with one attached hydrogen (secondary N) is 1. The smallest absolute Gasteiger partial charge is 0.255 e. The summed E-state index contributed by atoms with van der Waals surface area (Å²) in [6.07, 6.45) is 9.98. The van der Waals surface area contributed by atoms with Crippen molar-refractivity contribution in [3.8, 4) is 5.75 Å². The lowest BCUT2D eigenvalue weighted by molar-refractivity contribution is 0.0908. The van der Waals surface area contributed by atoms with Crippen molar-refractivity contribution in [3.63, 3.8) is 0 Å². The first-order valence-electron chi connectivity index (χ1n) is 7.16. The molecule has 1 unspecified atom stereocenters. The lowest BCUT2D eigenvalue weighted by Crippen LogP contribution is -2.40. The molecule has 1 saturated carbocycles. The second-order valence-corrected chi connectivity index (χ2v) is 5.28. The third-order valence-corrected chi connectivity index (χ3v) is 4.02. The number of nitrogens with zero attached hydrogens (tertiary/aromatic N) is 1. The van der Waals surface area contributed by atoms with E-state index in [0.29, 0.717) is 11.5 Å². The minimum Gasteiger partial charge on any atom is -0.505 e. The second kappa shape index (κ2) is 6.55. The number of aromatic hydroxyl groups is 1. The van der Waals surface area contributed by atoms with E-state index in [4.69, 9.17) is 0 Å². The summed E-state index contributed by atoms with van der Waals surface area (Å²) in [4.78, 5) is 16.0. The van der Waals surface area contributed by atoms with Crippen LogP contribution in [0.4, 0.5) is 0 Å². The average molecular weight is 262 g/mol. The number of hydrogen-bond donors (Lipinski definition) is 2. The van der Waals surface area contributed by atoms with Crippen molar-refractivity contribution >= 4 is 5.91 Å². The number of carbonyl (C=O) groups is 1. The maximum atomic E-state index is 12.2. The Morgan fingerprint density at radius 2 is 2.21 bits per heavy atom. The molecule has 0 aromatic carbocycles. The van der Waals surface area contributed by atoms with Gasteiger partial charge in [0.1, 0.15) is 5.75 Å². The molecule has 0 aliphatic heterocycles. The van der Waals surface area contributed by atoms with Gasteiger partial charge in [-0.1, -0.05) is 26.2 Å². The van der Waals surface area contributed by atoms with Crippen molar-refractivity contribution in [2.24, 2.45) is 5.92 Å². The third kappa shape index (κ3) is 3.46. The first-order valence-corrected chi connectivity index (χ1v) is 7.16. The maximum Gasteiger partial charge on any atom is 0.255 e. The van der Waals surface area contributed by atoms with Gasteiger partial charge in [0, 0.05) is 12.2 Å². The Kier molecular flexibility index (Phi) is 4.77. The normalized spacial score (nSPS) is 17.9. The lowest BCUT2D eigenvalue weighted by atomic mass is 9.83. The Labute approximate surface area is 114 Å². The van der Waals surface area contributed by atoms with Gasteiger partial charge in [-0.15, -0.1) is 0 Å². The molecule has 2 rings (SSSR count). The zero-order valence-electron chi connectivity index (χ0n) is 11.4. The molecule has 0 spiro atoms. The minimum atomic E-state index is -0.197. The SMILES string of the molecule is CCC(NC(=O)c1ccncc1O)C1CCCCC1. The molecule has 1 heterocycles. The fraction of sp³-hybridized carbons (Fsp3) is 0.600. The maximum absolute atomic E-state index is 12.2. The summed E-state index contributed by atoms with van der Waals surface area (Å²) in [6.45, 7) is 2.10. The van der Waals surface area contributed by atoms with E-state index in [2.05, 4.69) is 17.2 Å². The molecular weight excluding hydrogens is 240 g/mol. The molecule has 4 nitrogen and oxygen atoms in total. The highest BCUT2D eigenvalue weighted by Crippen LogP contribution is 2.28. The Hall–Kier alpha value is -1.58. The quantitative estimate of drug-likeness (QED) is 0.877. The molecule has 1 atom stereocenters. The average Bonchev–Trinajstić information content (AvgIpc) is 2.46. The fourth-order valence-electron chi connectivity index (χ4n) is 2.91. The van der Waals surface area contributed by atoms with E-state index in [0.717, 1.165) is 6.42 Å². The van der Waals surface area contributed by atoms with Crippen molar-refractivity contribution in [1.82, 2.24) is 10.3 Å². The van der Waals surface area contributed by atoms with Crippen LogP contribution in [-0.2, 0) is 0 Å². The van der Waals surface area contributed by atoms with Crippen molar-refractivity contribution in [2.45, 2.75) is 51.5 Å². The van der Waals surface area contributed by atoms with Gasteiger partial charge in [-0.3, -0.25) is 9.78 Å². The van der Waals surface area contributed by atoms with Gasteiger partial charge in [-0.2, -0.15) is 0 Å². The summed E-state index contributed by atoms with van der Waals surface area (Å²) in [5, 5.41) is 12.7. The van der Waals surface area contributed by atoms with Crippen LogP contribution < -0.4 is 5.32 Å². The second-order valence-electron chi connectivity index (χ2n) is 5.28. The molecule has 4 heteroatoms. The van der Waals surface area contributed by atoms with E-state index in [-0.39, 0.29) is 17.7 Å². The summed E-state index contributed by atoms with van der Waals surface area (Å²) in [7, 11) is 0. The molecular formula is C15H22N2O2. The Morgan fingerprint density at radius 3 is 2.84 bits per heavy atom. The van der Waals surface area contributed by atoms with E-state index in [1.807, 2.05) is 0 Å². The van der Waals surface area contributed by atoms with Gasteiger partial charge in [0.15, 0.2) is 0 Å². The fourth-order valence-corrected chi connectivity index (χ4v) is 2.91. The van der Waals surface area contributed by atoms with Gasteiger partial charge in [0.25, 0.3) is 5.91 Å². The van der Waals surface area contributed by atoms with Crippen LogP contribution in [0, 0.1) is 5.92 Å². The van der Waals surface area contributed by atoms with Crippen LogP contribution in [0.2, 0.25) is 0 Å². The molecule has 2 N–H and O–H groups in total. The highest BCUT2D eigenvalue weighted by Gasteiger charge is 2.24. The van der Waals surface area contributed by atoms with Crippen LogP contribution in [0.3, 0.4) is 0 Å². The van der Waals surface area contributed by atoms with E-state index in [1.165, 1.54) is 44.5 Å². The topological polar surface area (TPSA) is 62.2 Å². The zero-order valence-corrected chi connectivity index (χ0v) is 11.4. The van der Waals surface area contributed by atoms with Gasteiger partial charge >= 0.3 is 0 Å². The predicted molar refractivity (Wildman–Crippen MR) is 74.0 cm³/mol. The predicted octanol–water partition coefficient (Wildman–Crippen LogP) is 2.88. The molecule has 0 saturated heterocycles. The number of carbonyl (C=O) groups excluding carboxylic acids is 1. The van der Waals surface area contributed by atoms with Gasteiger partial charge in [-0.05, 0) is 31.2 Å². The number of rotatable bonds is 4. The Morgan fingerprint density at radius 1 is 1.47 bits per heavy atom. The van der Waals surface area contributed by atoms with E-state index < -0.39 is 0 Å². The van der Waals surface area contributed by atoms with E-state index in [9.17, 15) is 9.90 Å². The summed E-state index contributed by atoms with van der Waals surface area (Å²) >= 11 is 0. The molecule has 0 radical (unpaired) electrons. The van der Waals surface area contributed by atoms with Gasteiger partial charge in [0.2, 0.25) is 0 Å². The summed E-state index contributed by atoms with van der Waals surface area (Å²) in [5.74, 6) is 0.322. The van der Waals surface area contributed by atoms with Crippen LogP contribution in [0.5, 0.6) is 5.75 Å². The molecule has 104 valence electrons. The summed E-state index contributed by atoms with van der Waals surface area (Å²) in [6, 6.07) is 1.76. The molecule has 1 aromatic rings. The number of pyridine rings is 1. The molecule has 1 aromatic heterocycles. The zero-order chi connectivity index (χ0) is 13.7. The van der Waals surface area contributed by atoms with Gasteiger partial charge in [-0.25, -0.2) is 0 Å². The van der Waals surface area contributed by atoms with Crippen molar-refractivity contribution in [1.29, 1.82) is 0 Å². The number of hydrogen-bond acceptors (Lipinski definition) is 3. The summed E-state index contributed by atoms with van der Waals surface area (Å²) in [5.41, 5.74) is 0.309. The number of amides is 1. The largest absolute Gasteiger partial charge is 0.505 e. The van der Waals surface area contributed by atoms with Gasteiger partial charge < -0.3 is 10.4 Å². The highest BCUT2D eigenvalue weighted by molar-refractivity contribution is 5.96. The van der Waals surface area contributed by atoms with Crippen LogP contribution in [0.15, 0.2) is 18.5 Å². The molecule has 19 heavy (non-hydrogen) atoms. The number of aromatic nitrogens is 1. The first-order chi connectivity index (χ1) is 9.22.